The number of hydrogen-bond acceptors (Lipinski definition) is 4. The van der Waals surface area contributed by atoms with Gasteiger partial charge in [0.05, 0.1) is 5.69 Å². The third-order valence-corrected chi connectivity index (χ3v) is 2.86. The Bertz CT molecular complexity index is 462. The van der Waals surface area contributed by atoms with E-state index in [0.717, 1.165) is 0 Å². The Morgan fingerprint density at radius 3 is 2.79 bits per heavy atom. The fourth-order valence-electron chi connectivity index (χ4n) is 1.56. The first kappa shape index (κ1) is 15.1. The van der Waals surface area contributed by atoms with E-state index in [1.165, 1.54) is 6.20 Å². The molecule has 0 fully saturated rings. The maximum absolute atomic E-state index is 12.0. The number of carbonyl (C=O) groups is 2. The summed E-state index contributed by atoms with van der Waals surface area (Å²) < 4.78 is 0. The van der Waals surface area contributed by atoms with Crippen molar-refractivity contribution in [3.63, 3.8) is 0 Å². The van der Waals surface area contributed by atoms with Crippen molar-refractivity contribution in [3.8, 4) is 0 Å². The first-order valence-corrected chi connectivity index (χ1v) is 6.20. The highest BCUT2D eigenvalue weighted by Crippen LogP contribution is 2.02. The lowest BCUT2D eigenvalue weighted by molar-refractivity contribution is -0.131. The molecule has 0 bridgehead atoms. The third kappa shape index (κ3) is 4.03. The molecule has 1 rings (SSSR count). The van der Waals surface area contributed by atoms with Gasteiger partial charge < -0.3 is 16.0 Å². The molecule has 1 atom stereocenters. The van der Waals surface area contributed by atoms with Crippen LogP contribution in [0.25, 0.3) is 0 Å². The zero-order valence-electron chi connectivity index (χ0n) is 11.5. The highest BCUT2D eigenvalue weighted by Gasteiger charge is 2.19. The summed E-state index contributed by atoms with van der Waals surface area (Å²) in [7, 11) is 1.70. The summed E-state index contributed by atoms with van der Waals surface area (Å²) in [4.78, 5) is 29.4. The number of amides is 2. The maximum Gasteiger partial charge on any atom is 0.252 e. The fourth-order valence-corrected chi connectivity index (χ4v) is 1.56. The number of pyridine rings is 1. The molecule has 0 radical (unpaired) electrons. The van der Waals surface area contributed by atoms with Crippen molar-refractivity contribution < 1.29 is 9.59 Å². The molecular weight excluding hydrogens is 244 g/mol. The van der Waals surface area contributed by atoms with Crippen LogP contribution in [-0.2, 0) is 11.3 Å². The Labute approximate surface area is 113 Å². The van der Waals surface area contributed by atoms with Gasteiger partial charge in [0, 0.05) is 31.9 Å². The van der Waals surface area contributed by atoms with Gasteiger partial charge in [-0.3, -0.25) is 14.6 Å². The normalized spacial score (nSPS) is 11.8. The monoisotopic (exact) mass is 264 g/mol. The summed E-state index contributed by atoms with van der Waals surface area (Å²) in [5.74, 6) is -0.425. The fraction of sp³-hybridized carbons (Fsp3) is 0.462. The minimum Gasteiger partial charge on any atom is -0.344 e. The van der Waals surface area contributed by atoms with Crippen LogP contribution in [0.3, 0.4) is 0 Å². The van der Waals surface area contributed by atoms with Crippen molar-refractivity contribution in [2.24, 2.45) is 5.73 Å². The molecule has 19 heavy (non-hydrogen) atoms. The molecule has 0 spiro atoms. The van der Waals surface area contributed by atoms with Crippen LogP contribution in [0.2, 0.25) is 0 Å². The third-order valence-electron chi connectivity index (χ3n) is 2.86. The predicted octanol–water partition coefficient (Wildman–Crippen LogP) is 0.137. The highest BCUT2D eigenvalue weighted by molar-refractivity contribution is 5.97. The van der Waals surface area contributed by atoms with E-state index >= 15 is 0 Å². The summed E-state index contributed by atoms with van der Waals surface area (Å²) in [6.07, 6.45) is 1.53. The van der Waals surface area contributed by atoms with Gasteiger partial charge in [0.1, 0.15) is 6.04 Å². The Balaban J connectivity index is 2.71. The molecule has 2 amide bonds. The predicted molar refractivity (Wildman–Crippen MR) is 72.4 cm³/mol. The smallest absolute Gasteiger partial charge is 0.252 e. The summed E-state index contributed by atoms with van der Waals surface area (Å²) in [6, 6.07) is 2.65. The molecule has 0 aliphatic rings. The van der Waals surface area contributed by atoms with Crippen molar-refractivity contribution in [1.82, 2.24) is 15.2 Å². The summed E-state index contributed by atoms with van der Waals surface area (Å²) in [6.45, 7) is 4.42. The minimum absolute atomic E-state index is 0.121. The van der Waals surface area contributed by atoms with Gasteiger partial charge in [-0.2, -0.15) is 0 Å². The standard InChI is InChI=1S/C13H20N4O2/c1-4-17(3)13(19)9(2)16-12(18)10-5-6-15-11(7-10)8-14/h5-7,9H,4,8,14H2,1-3H3,(H,16,18). The Morgan fingerprint density at radius 1 is 1.53 bits per heavy atom. The van der Waals surface area contributed by atoms with Crippen molar-refractivity contribution in [3.05, 3.63) is 29.6 Å². The second kappa shape index (κ2) is 6.84. The molecule has 0 aliphatic heterocycles. The lowest BCUT2D eigenvalue weighted by Gasteiger charge is -2.20. The Hall–Kier alpha value is -1.95. The van der Waals surface area contributed by atoms with Crippen LogP contribution in [-0.4, -0.2) is 41.3 Å². The number of carbonyl (C=O) groups excluding carboxylic acids is 2. The SMILES string of the molecule is CCN(C)C(=O)C(C)NC(=O)c1ccnc(CN)c1. The summed E-state index contributed by atoms with van der Waals surface area (Å²) in [5, 5.41) is 2.66. The van der Waals surface area contributed by atoms with E-state index in [1.807, 2.05) is 6.92 Å². The van der Waals surface area contributed by atoms with Crippen LogP contribution in [0.4, 0.5) is 0 Å². The number of aromatic nitrogens is 1. The molecule has 1 aromatic rings. The number of hydrogen-bond donors (Lipinski definition) is 2. The average Bonchev–Trinajstić information content (AvgIpc) is 2.45. The van der Waals surface area contributed by atoms with E-state index in [-0.39, 0.29) is 18.4 Å². The molecule has 6 nitrogen and oxygen atoms in total. The maximum atomic E-state index is 12.0. The van der Waals surface area contributed by atoms with Crippen molar-refractivity contribution in [2.45, 2.75) is 26.4 Å². The zero-order valence-corrected chi connectivity index (χ0v) is 11.5. The van der Waals surface area contributed by atoms with Crippen molar-refractivity contribution >= 4 is 11.8 Å². The van der Waals surface area contributed by atoms with Gasteiger partial charge in [-0.1, -0.05) is 0 Å². The van der Waals surface area contributed by atoms with Crippen LogP contribution in [0.1, 0.15) is 29.9 Å². The average molecular weight is 264 g/mol. The van der Waals surface area contributed by atoms with Gasteiger partial charge in [-0.05, 0) is 26.0 Å². The Kier molecular flexibility index (Phi) is 5.44. The van der Waals surface area contributed by atoms with Crippen molar-refractivity contribution in [2.75, 3.05) is 13.6 Å². The molecular formula is C13H20N4O2. The number of nitrogens with zero attached hydrogens (tertiary/aromatic N) is 2. The van der Waals surface area contributed by atoms with E-state index in [9.17, 15) is 9.59 Å². The molecule has 0 saturated heterocycles. The van der Waals surface area contributed by atoms with E-state index in [1.54, 1.807) is 31.0 Å². The highest BCUT2D eigenvalue weighted by atomic mass is 16.2. The molecule has 1 unspecified atom stereocenters. The van der Waals surface area contributed by atoms with Gasteiger partial charge in [-0.15, -0.1) is 0 Å². The molecule has 1 aromatic heterocycles. The summed E-state index contributed by atoms with van der Waals surface area (Å²) >= 11 is 0. The molecule has 0 saturated carbocycles. The van der Waals surface area contributed by atoms with E-state index in [2.05, 4.69) is 10.3 Å². The van der Waals surface area contributed by atoms with Crippen LogP contribution in [0.15, 0.2) is 18.3 Å². The Morgan fingerprint density at radius 2 is 2.21 bits per heavy atom. The first-order chi connectivity index (χ1) is 8.99. The zero-order chi connectivity index (χ0) is 14.4. The van der Waals surface area contributed by atoms with E-state index in [4.69, 9.17) is 5.73 Å². The first-order valence-electron chi connectivity index (χ1n) is 6.20. The number of likely N-dealkylation sites (N-methyl/N-ethyl adjacent to an activating group) is 1. The number of nitrogens with two attached hydrogens (primary N) is 1. The second-order valence-electron chi connectivity index (χ2n) is 4.29. The van der Waals surface area contributed by atoms with Gasteiger partial charge in [0.15, 0.2) is 0 Å². The molecule has 6 heteroatoms. The van der Waals surface area contributed by atoms with Crippen LogP contribution >= 0.6 is 0 Å². The minimum atomic E-state index is -0.563. The molecule has 3 N–H and O–H groups in total. The van der Waals surface area contributed by atoms with Crippen LogP contribution < -0.4 is 11.1 Å². The lowest BCUT2D eigenvalue weighted by Crippen LogP contribution is -2.45. The quantitative estimate of drug-likeness (QED) is 0.791. The van der Waals surface area contributed by atoms with Crippen LogP contribution in [0, 0.1) is 0 Å². The molecule has 0 aromatic carbocycles. The molecule has 0 aliphatic carbocycles. The number of nitrogens with one attached hydrogen (secondary N) is 1. The van der Waals surface area contributed by atoms with Gasteiger partial charge in [-0.25, -0.2) is 0 Å². The topological polar surface area (TPSA) is 88.3 Å². The van der Waals surface area contributed by atoms with Gasteiger partial charge in [0.2, 0.25) is 5.91 Å². The van der Waals surface area contributed by atoms with Crippen LogP contribution in [0.5, 0.6) is 0 Å². The largest absolute Gasteiger partial charge is 0.344 e. The lowest BCUT2D eigenvalue weighted by atomic mass is 10.2. The van der Waals surface area contributed by atoms with Crippen molar-refractivity contribution in [1.29, 1.82) is 0 Å². The number of rotatable bonds is 5. The van der Waals surface area contributed by atoms with E-state index < -0.39 is 6.04 Å². The summed E-state index contributed by atoms with van der Waals surface area (Å²) in [5.41, 5.74) is 6.56. The second-order valence-corrected chi connectivity index (χ2v) is 4.29. The van der Waals surface area contributed by atoms with E-state index in [0.29, 0.717) is 17.8 Å². The molecule has 1 heterocycles. The molecule has 104 valence electrons. The van der Waals surface area contributed by atoms with Gasteiger partial charge >= 0.3 is 0 Å². The van der Waals surface area contributed by atoms with Gasteiger partial charge in [0.25, 0.3) is 5.91 Å².